The quantitative estimate of drug-likeness (QED) is 0.783. The summed E-state index contributed by atoms with van der Waals surface area (Å²) in [5, 5.41) is 8.01. The lowest BCUT2D eigenvalue weighted by Crippen LogP contribution is -2.26. The summed E-state index contributed by atoms with van der Waals surface area (Å²) in [4.78, 5) is 11.0. The maximum Gasteiger partial charge on any atom is 0.322 e. The average molecular weight is 342 g/mol. The van der Waals surface area contributed by atoms with E-state index in [0.29, 0.717) is 16.9 Å². The van der Waals surface area contributed by atoms with E-state index >= 15 is 0 Å². The minimum Gasteiger partial charge on any atom is -0.354 e. The number of nitrogens with one attached hydrogen (secondary N) is 1. The molecule has 0 unspecified atom stereocenters. The van der Waals surface area contributed by atoms with E-state index in [1.807, 2.05) is 48.7 Å². The number of halogens is 1. The van der Waals surface area contributed by atoms with Crippen LogP contribution < -0.4 is 10.2 Å². The molecule has 1 N–H and O–H groups in total. The molecular formula is C17H16ClN5O. The van der Waals surface area contributed by atoms with Crippen molar-refractivity contribution in [1.82, 2.24) is 15.1 Å². The second-order valence-corrected chi connectivity index (χ2v) is 6.13. The number of anilines is 2. The number of nitrogens with zero attached hydrogens (tertiary/aromatic N) is 4. The first kappa shape index (κ1) is 15.0. The summed E-state index contributed by atoms with van der Waals surface area (Å²) in [5.41, 5.74) is 0.873. The molecule has 1 saturated heterocycles. The van der Waals surface area contributed by atoms with E-state index < -0.39 is 0 Å². The molecule has 1 aliphatic rings. The van der Waals surface area contributed by atoms with Gasteiger partial charge < -0.3 is 14.7 Å². The molecule has 1 aliphatic heterocycles. The number of benzene rings is 1. The van der Waals surface area contributed by atoms with Crippen molar-refractivity contribution in [3.63, 3.8) is 0 Å². The molecule has 3 aromatic rings. The molecule has 1 fully saturated rings. The van der Waals surface area contributed by atoms with Gasteiger partial charge in [-0.2, -0.15) is 4.98 Å². The van der Waals surface area contributed by atoms with Gasteiger partial charge in [-0.1, -0.05) is 22.8 Å². The molecule has 24 heavy (non-hydrogen) atoms. The molecule has 0 radical (unpaired) electrons. The SMILES string of the molecule is Clc1ccc(-c2noc(N[C@H]3CCN(c4ccccn4)C3)n2)cc1. The van der Waals surface area contributed by atoms with Crippen molar-refractivity contribution in [2.75, 3.05) is 23.3 Å². The summed E-state index contributed by atoms with van der Waals surface area (Å²) in [6.45, 7) is 1.81. The van der Waals surface area contributed by atoms with Crippen LogP contribution in [0.2, 0.25) is 5.02 Å². The third-order valence-electron chi connectivity index (χ3n) is 4.02. The zero-order valence-corrected chi connectivity index (χ0v) is 13.6. The average Bonchev–Trinajstić information content (AvgIpc) is 3.27. The molecule has 3 heterocycles. The Morgan fingerprint density at radius 1 is 1.17 bits per heavy atom. The standard InChI is InChI=1S/C17H16ClN5O/c18-13-6-4-12(5-7-13)16-21-17(24-22-16)20-14-8-10-23(11-14)15-3-1-2-9-19-15/h1-7,9,14H,8,10-11H2,(H,20,21,22)/t14-/m0/s1. The summed E-state index contributed by atoms with van der Waals surface area (Å²) in [6.07, 6.45) is 2.81. The van der Waals surface area contributed by atoms with Gasteiger partial charge in [-0.3, -0.25) is 0 Å². The van der Waals surface area contributed by atoms with Crippen LogP contribution in [0.5, 0.6) is 0 Å². The fraction of sp³-hybridized carbons (Fsp3) is 0.235. The predicted molar refractivity (Wildman–Crippen MR) is 93.2 cm³/mol. The summed E-state index contributed by atoms with van der Waals surface area (Å²) in [5.74, 6) is 1.54. The van der Waals surface area contributed by atoms with Crippen LogP contribution in [0.1, 0.15) is 6.42 Å². The van der Waals surface area contributed by atoms with E-state index in [4.69, 9.17) is 16.1 Å². The van der Waals surface area contributed by atoms with Crippen molar-refractivity contribution in [1.29, 1.82) is 0 Å². The Balaban J connectivity index is 1.41. The third-order valence-corrected chi connectivity index (χ3v) is 4.27. The lowest BCUT2D eigenvalue weighted by molar-refractivity contribution is 0.428. The Labute approximate surface area is 144 Å². The van der Waals surface area contributed by atoms with Crippen LogP contribution in [0.15, 0.2) is 53.2 Å². The highest BCUT2D eigenvalue weighted by atomic mass is 35.5. The van der Waals surface area contributed by atoms with Crippen molar-refractivity contribution in [2.24, 2.45) is 0 Å². The van der Waals surface area contributed by atoms with Gasteiger partial charge in [0.25, 0.3) is 0 Å². The Morgan fingerprint density at radius 2 is 2.04 bits per heavy atom. The van der Waals surface area contributed by atoms with Crippen molar-refractivity contribution in [3.8, 4) is 11.4 Å². The molecule has 0 spiro atoms. The summed E-state index contributed by atoms with van der Waals surface area (Å²) < 4.78 is 5.31. The first-order valence-electron chi connectivity index (χ1n) is 7.80. The van der Waals surface area contributed by atoms with Gasteiger partial charge in [0.15, 0.2) is 0 Å². The van der Waals surface area contributed by atoms with Gasteiger partial charge >= 0.3 is 6.01 Å². The monoisotopic (exact) mass is 341 g/mol. The van der Waals surface area contributed by atoms with Gasteiger partial charge in [0.2, 0.25) is 5.82 Å². The molecule has 0 aliphatic carbocycles. The summed E-state index contributed by atoms with van der Waals surface area (Å²) in [7, 11) is 0. The number of aromatic nitrogens is 3. The highest BCUT2D eigenvalue weighted by Gasteiger charge is 2.24. The van der Waals surface area contributed by atoms with E-state index in [0.717, 1.165) is 30.9 Å². The van der Waals surface area contributed by atoms with Crippen molar-refractivity contribution >= 4 is 23.4 Å². The molecule has 6 nitrogen and oxygen atoms in total. The number of hydrogen-bond acceptors (Lipinski definition) is 6. The Bertz CT molecular complexity index is 805. The van der Waals surface area contributed by atoms with Crippen LogP contribution in [0.25, 0.3) is 11.4 Å². The largest absolute Gasteiger partial charge is 0.354 e. The van der Waals surface area contributed by atoms with E-state index in [2.05, 4.69) is 25.3 Å². The van der Waals surface area contributed by atoms with Crippen LogP contribution in [-0.4, -0.2) is 34.3 Å². The van der Waals surface area contributed by atoms with Crippen LogP contribution in [0.3, 0.4) is 0 Å². The topological polar surface area (TPSA) is 67.1 Å². The van der Waals surface area contributed by atoms with Crippen molar-refractivity contribution in [2.45, 2.75) is 12.5 Å². The third kappa shape index (κ3) is 3.19. The maximum absolute atomic E-state index is 5.90. The van der Waals surface area contributed by atoms with Crippen molar-refractivity contribution in [3.05, 3.63) is 53.7 Å². The van der Waals surface area contributed by atoms with Crippen LogP contribution >= 0.6 is 11.6 Å². The maximum atomic E-state index is 5.90. The molecule has 2 aromatic heterocycles. The smallest absolute Gasteiger partial charge is 0.322 e. The van der Waals surface area contributed by atoms with E-state index in [9.17, 15) is 0 Å². The molecule has 0 saturated carbocycles. The molecule has 0 amide bonds. The molecule has 122 valence electrons. The normalized spacial score (nSPS) is 17.2. The minimum absolute atomic E-state index is 0.255. The zero-order chi connectivity index (χ0) is 16.4. The minimum atomic E-state index is 0.255. The lowest BCUT2D eigenvalue weighted by Gasteiger charge is -2.17. The number of rotatable bonds is 4. The number of pyridine rings is 1. The van der Waals surface area contributed by atoms with Gasteiger partial charge in [0.05, 0.1) is 0 Å². The highest BCUT2D eigenvalue weighted by Crippen LogP contribution is 2.23. The molecule has 1 aromatic carbocycles. The van der Waals surface area contributed by atoms with Gasteiger partial charge in [0.1, 0.15) is 5.82 Å². The zero-order valence-electron chi connectivity index (χ0n) is 12.9. The van der Waals surface area contributed by atoms with Crippen molar-refractivity contribution < 1.29 is 4.52 Å². The molecule has 4 rings (SSSR count). The Morgan fingerprint density at radius 3 is 2.83 bits per heavy atom. The van der Waals surface area contributed by atoms with Gasteiger partial charge in [-0.15, -0.1) is 0 Å². The molecule has 7 heteroatoms. The second kappa shape index (κ2) is 6.49. The molecular weight excluding hydrogens is 326 g/mol. The second-order valence-electron chi connectivity index (χ2n) is 5.69. The number of hydrogen-bond donors (Lipinski definition) is 1. The van der Waals surface area contributed by atoms with Gasteiger partial charge in [-0.05, 0) is 42.8 Å². The van der Waals surface area contributed by atoms with Gasteiger partial charge in [0, 0.05) is 35.9 Å². The fourth-order valence-corrected chi connectivity index (χ4v) is 2.93. The van der Waals surface area contributed by atoms with Crippen LogP contribution in [-0.2, 0) is 0 Å². The van der Waals surface area contributed by atoms with E-state index in [1.165, 1.54) is 0 Å². The fourth-order valence-electron chi connectivity index (χ4n) is 2.80. The lowest BCUT2D eigenvalue weighted by atomic mass is 10.2. The first-order valence-corrected chi connectivity index (χ1v) is 8.18. The van der Waals surface area contributed by atoms with E-state index in [1.54, 1.807) is 0 Å². The molecule has 1 atom stereocenters. The van der Waals surface area contributed by atoms with Gasteiger partial charge in [-0.25, -0.2) is 4.98 Å². The molecule has 0 bridgehead atoms. The first-order chi connectivity index (χ1) is 11.8. The Kier molecular flexibility index (Phi) is 4.04. The highest BCUT2D eigenvalue weighted by molar-refractivity contribution is 6.30. The van der Waals surface area contributed by atoms with E-state index in [-0.39, 0.29) is 6.04 Å². The summed E-state index contributed by atoms with van der Waals surface area (Å²) >= 11 is 5.90. The van der Waals surface area contributed by atoms with Crippen LogP contribution in [0, 0.1) is 0 Å². The predicted octanol–water partition coefficient (Wildman–Crippen LogP) is 3.48. The van der Waals surface area contributed by atoms with Crippen LogP contribution in [0.4, 0.5) is 11.8 Å². The Hall–Kier alpha value is -2.60. The summed E-state index contributed by atoms with van der Waals surface area (Å²) in [6, 6.07) is 14.0.